The van der Waals surface area contributed by atoms with Gasteiger partial charge in [0.2, 0.25) is 11.7 Å². The van der Waals surface area contributed by atoms with Crippen LogP contribution < -0.4 is 19.5 Å². The van der Waals surface area contributed by atoms with Gasteiger partial charge in [-0.15, -0.1) is 0 Å². The van der Waals surface area contributed by atoms with E-state index in [1.165, 1.54) is 38.7 Å². The molecule has 0 radical (unpaired) electrons. The number of carbonyl (C=O) groups is 1. The number of rotatable bonds is 9. The van der Waals surface area contributed by atoms with Crippen LogP contribution in [0.2, 0.25) is 0 Å². The summed E-state index contributed by atoms with van der Waals surface area (Å²) in [6.45, 7) is 0.384. The molecule has 1 amide bonds. The monoisotopic (exact) mass is 377 g/mol. The topological polar surface area (TPSA) is 77.0 Å². The van der Waals surface area contributed by atoms with Crippen molar-refractivity contribution in [3.63, 3.8) is 0 Å². The zero-order valence-corrected chi connectivity index (χ0v) is 15.8. The predicted molar refractivity (Wildman–Crippen MR) is 102 cm³/mol. The van der Waals surface area contributed by atoms with Gasteiger partial charge < -0.3 is 24.6 Å². The van der Waals surface area contributed by atoms with Gasteiger partial charge in [-0.1, -0.05) is 0 Å². The van der Waals surface area contributed by atoms with Gasteiger partial charge in [0.1, 0.15) is 0 Å². The minimum absolute atomic E-state index is 0.240. The molecule has 1 aromatic carbocycles. The lowest BCUT2D eigenvalue weighted by molar-refractivity contribution is -0.116. The zero-order chi connectivity index (χ0) is 18.9. The molecule has 2 rings (SSSR count). The lowest BCUT2D eigenvalue weighted by atomic mass is 10.1. The molecule has 1 atom stereocenters. The Hall–Kier alpha value is -2.51. The van der Waals surface area contributed by atoms with Crippen LogP contribution in [0.3, 0.4) is 0 Å². The van der Waals surface area contributed by atoms with E-state index in [0.29, 0.717) is 30.2 Å². The Balaban J connectivity index is 1.93. The molecule has 0 aliphatic carbocycles. The second kappa shape index (κ2) is 9.84. The minimum Gasteiger partial charge on any atom is -0.493 e. The minimum atomic E-state index is -0.569. The van der Waals surface area contributed by atoms with E-state index in [4.69, 9.17) is 14.2 Å². The Labute approximate surface area is 157 Å². The fourth-order valence-corrected chi connectivity index (χ4v) is 3.10. The first kappa shape index (κ1) is 19.8. The summed E-state index contributed by atoms with van der Waals surface area (Å²) in [6, 6.07) is 5.39. The maximum Gasteiger partial charge on any atom is 0.244 e. The largest absolute Gasteiger partial charge is 0.493 e. The van der Waals surface area contributed by atoms with Crippen molar-refractivity contribution < 1.29 is 24.1 Å². The summed E-state index contributed by atoms with van der Waals surface area (Å²) in [5.74, 6) is 1.30. The molecule has 1 heterocycles. The fraction of sp³-hybridized carbons (Fsp3) is 0.316. The number of amides is 1. The predicted octanol–water partition coefficient (Wildman–Crippen LogP) is 3.03. The van der Waals surface area contributed by atoms with E-state index in [1.54, 1.807) is 18.2 Å². The second-order valence-corrected chi connectivity index (χ2v) is 6.22. The summed E-state index contributed by atoms with van der Waals surface area (Å²) in [7, 11) is 4.61. The van der Waals surface area contributed by atoms with E-state index in [1.807, 2.05) is 16.8 Å². The van der Waals surface area contributed by atoms with Crippen molar-refractivity contribution in [1.29, 1.82) is 0 Å². The average molecular weight is 377 g/mol. The van der Waals surface area contributed by atoms with Gasteiger partial charge >= 0.3 is 0 Å². The summed E-state index contributed by atoms with van der Waals surface area (Å²) in [5, 5.41) is 16.6. The highest BCUT2D eigenvalue weighted by Crippen LogP contribution is 2.38. The molecule has 0 saturated carbocycles. The van der Waals surface area contributed by atoms with Gasteiger partial charge in [0.25, 0.3) is 0 Å². The van der Waals surface area contributed by atoms with E-state index >= 15 is 0 Å². The Kier molecular flexibility index (Phi) is 7.50. The molecule has 140 valence electrons. The van der Waals surface area contributed by atoms with Gasteiger partial charge in [-0.25, -0.2) is 0 Å². The van der Waals surface area contributed by atoms with Crippen LogP contribution in [0.1, 0.15) is 23.7 Å². The van der Waals surface area contributed by atoms with Crippen LogP contribution in [0, 0.1) is 0 Å². The molecule has 0 saturated heterocycles. The number of ether oxygens (including phenoxy) is 3. The number of methoxy groups -OCH3 is 3. The maximum atomic E-state index is 12.0. The first-order valence-electron chi connectivity index (χ1n) is 8.05. The molecular weight excluding hydrogens is 354 g/mol. The van der Waals surface area contributed by atoms with E-state index in [2.05, 4.69) is 5.32 Å². The Morgan fingerprint density at radius 2 is 1.92 bits per heavy atom. The number of thiophene rings is 1. The van der Waals surface area contributed by atoms with E-state index in [0.717, 1.165) is 11.1 Å². The summed E-state index contributed by atoms with van der Waals surface area (Å²) < 4.78 is 15.8. The highest BCUT2D eigenvalue weighted by atomic mass is 32.1. The van der Waals surface area contributed by atoms with E-state index in [-0.39, 0.29) is 5.91 Å². The van der Waals surface area contributed by atoms with Crippen molar-refractivity contribution in [3.8, 4) is 17.2 Å². The molecule has 1 unspecified atom stereocenters. The van der Waals surface area contributed by atoms with Crippen molar-refractivity contribution in [3.05, 3.63) is 46.2 Å². The molecule has 0 aliphatic heterocycles. The SMILES string of the molecule is COc1cc(/C=C/C(=O)NCCC(O)c2ccsc2)cc(OC)c1OC. The lowest BCUT2D eigenvalue weighted by Gasteiger charge is -2.12. The standard InChI is InChI=1S/C19H23NO5S/c1-23-16-10-13(11-17(24-2)19(16)25-3)4-5-18(22)20-8-6-15(21)14-7-9-26-12-14/h4-5,7,9-12,15,21H,6,8H2,1-3H3,(H,20,22)/b5-4+. The summed E-state index contributed by atoms with van der Waals surface area (Å²) in [5.41, 5.74) is 1.62. The normalized spacial score (nSPS) is 12.0. The van der Waals surface area contributed by atoms with Crippen LogP contribution in [-0.2, 0) is 4.79 Å². The van der Waals surface area contributed by atoms with Crippen molar-refractivity contribution in [2.45, 2.75) is 12.5 Å². The van der Waals surface area contributed by atoms with Gasteiger partial charge in [0, 0.05) is 12.6 Å². The smallest absolute Gasteiger partial charge is 0.244 e. The summed E-state index contributed by atoms with van der Waals surface area (Å²) in [6.07, 6.45) is 2.98. The Bertz CT molecular complexity index is 717. The van der Waals surface area contributed by atoms with Gasteiger partial charge in [-0.05, 0) is 52.6 Å². The molecule has 2 N–H and O–H groups in total. The Morgan fingerprint density at radius 3 is 2.46 bits per heavy atom. The van der Waals surface area contributed by atoms with Crippen LogP contribution in [0.5, 0.6) is 17.2 Å². The first-order chi connectivity index (χ1) is 12.6. The molecule has 0 bridgehead atoms. The molecule has 0 aliphatic rings. The molecule has 0 fully saturated rings. The molecular formula is C19H23NO5S. The molecule has 1 aromatic heterocycles. The van der Waals surface area contributed by atoms with Crippen molar-refractivity contribution in [2.75, 3.05) is 27.9 Å². The molecule has 2 aromatic rings. The molecule has 0 spiro atoms. The van der Waals surface area contributed by atoms with E-state index in [9.17, 15) is 9.90 Å². The first-order valence-corrected chi connectivity index (χ1v) is 8.99. The van der Waals surface area contributed by atoms with Crippen LogP contribution in [0.4, 0.5) is 0 Å². The zero-order valence-electron chi connectivity index (χ0n) is 15.0. The molecule has 6 nitrogen and oxygen atoms in total. The van der Waals surface area contributed by atoms with Crippen molar-refractivity contribution in [1.82, 2.24) is 5.32 Å². The van der Waals surface area contributed by atoms with Crippen LogP contribution in [0.25, 0.3) is 6.08 Å². The van der Waals surface area contributed by atoms with Crippen LogP contribution in [-0.4, -0.2) is 38.9 Å². The molecule has 7 heteroatoms. The van der Waals surface area contributed by atoms with Gasteiger partial charge in [-0.2, -0.15) is 11.3 Å². The van der Waals surface area contributed by atoms with Crippen molar-refractivity contribution >= 4 is 23.3 Å². The summed E-state index contributed by atoms with van der Waals surface area (Å²) in [4.78, 5) is 12.0. The molecule has 26 heavy (non-hydrogen) atoms. The number of benzene rings is 1. The fourth-order valence-electron chi connectivity index (χ4n) is 2.39. The quantitative estimate of drug-likeness (QED) is 0.657. The van der Waals surface area contributed by atoms with Gasteiger partial charge in [-0.3, -0.25) is 4.79 Å². The number of hydrogen-bond donors (Lipinski definition) is 2. The maximum absolute atomic E-state index is 12.0. The number of carbonyl (C=O) groups excluding carboxylic acids is 1. The summed E-state index contributed by atoms with van der Waals surface area (Å²) >= 11 is 1.53. The highest BCUT2D eigenvalue weighted by Gasteiger charge is 2.12. The van der Waals surface area contributed by atoms with Crippen LogP contribution >= 0.6 is 11.3 Å². The van der Waals surface area contributed by atoms with Crippen molar-refractivity contribution in [2.24, 2.45) is 0 Å². The third kappa shape index (κ3) is 5.24. The Morgan fingerprint density at radius 1 is 1.23 bits per heavy atom. The number of aliphatic hydroxyl groups is 1. The second-order valence-electron chi connectivity index (χ2n) is 5.44. The van der Waals surface area contributed by atoms with Gasteiger partial charge in [0.15, 0.2) is 11.5 Å². The highest BCUT2D eigenvalue weighted by molar-refractivity contribution is 7.07. The number of aliphatic hydroxyl groups excluding tert-OH is 1. The van der Waals surface area contributed by atoms with E-state index < -0.39 is 6.10 Å². The number of hydrogen-bond acceptors (Lipinski definition) is 6. The van der Waals surface area contributed by atoms with Crippen LogP contribution in [0.15, 0.2) is 35.0 Å². The average Bonchev–Trinajstić information content (AvgIpc) is 3.20. The third-order valence-corrected chi connectivity index (χ3v) is 4.46. The third-order valence-electron chi connectivity index (χ3n) is 3.76. The van der Waals surface area contributed by atoms with Gasteiger partial charge in [0.05, 0.1) is 27.4 Å². The number of nitrogens with one attached hydrogen (secondary N) is 1. The lowest BCUT2D eigenvalue weighted by Crippen LogP contribution is -2.23.